The van der Waals surface area contributed by atoms with Crippen molar-refractivity contribution in [3.63, 3.8) is 0 Å². The predicted octanol–water partition coefficient (Wildman–Crippen LogP) is 4.46. The zero-order valence-electron chi connectivity index (χ0n) is 17.8. The van der Waals surface area contributed by atoms with Crippen LogP contribution in [0, 0.1) is 0 Å². The molecule has 1 aliphatic carbocycles. The van der Waals surface area contributed by atoms with Gasteiger partial charge in [0.15, 0.2) is 5.82 Å². The topological polar surface area (TPSA) is 61.4 Å². The minimum atomic E-state index is 0.0870. The fourth-order valence-electron chi connectivity index (χ4n) is 4.74. The van der Waals surface area contributed by atoms with E-state index < -0.39 is 0 Å². The van der Waals surface area contributed by atoms with Crippen LogP contribution in [-0.2, 0) is 0 Å². The van der Waals surface area contributed by atoms with Gasteiger partial charge in [-0.25, -0.2) is 4.79 Å². The van der Waals surface area contributed by atoms with Gasteiger partial charge in [-0.1, -0.05) is 61.7 Å². The number of hydrogen-bond acceptors (Lipinski definition) is 4. The van der Waals surface area contributed by atoms with Gasteiger partial charge in [0.1, 0.15) is 0 Å². The van der Waals surface area contributed by atoms with Crippen molar-refractivity contribution in [3.05, 3.63) is 54.6 Å². The lowest BCUT2D eigenvalue weighted by Crippen LogP contribution is -2.53. The summed E-state index contributed by atoms with van der Waals surface area (Å²) in [5.41, 5.74) is 1.98. The number of nitrogens with zero attached hydrogens (tertiary/aromatic N) is 4. The lowest BCUT2D eigenvalue weighted by Gasteiger charge is -2.36. The second-order valence-electron chi connectivity index (χ2n) is 8.56. The number of aromatic nitrogens is 2. The molecule has 2 aromatic carbocycles. The summed E-state index contributed by atoms with van der Waals surface area (Å²) in [5.74, 6) is 0.872. The Hall–Kier alpha value is -3.15. The molecule has 2 amide bonds. The molecule has 6 heteroatoms. The largest absolute Gasteiger partial charge is 0.352 e. The molecule has 1 saturated heterocycles. The van der Waals surface area contributed by atoms with Gasteiger partial charge in [0.05, 0.1) is 5.69 Å². The highest BCUT2D eigenvalue weighted by Gasteiger charge is 2.24. The van der Waals surface area contributed by atoms with E-state index in [9.17, 15) is 4.79 Å². The van der Waals surface area contributed by atoms with Crippen LogP contribution in [0.2, 0.25) is 0 Å². The smallest absolute Gasteiger partial charge is 0.317 e. The van der Waals surface area contributed by atoms with Crippen LogP contribution in [0.1, 0.15) is 32.1 Å². The van der Waals surface area contributed by atoms with Crippen LogP contribution in [0.3, 0.4) is 0 Å². The molecule has 1 aromatic heterocycles. The average molecular weight is 416 g/mol. The SMILES string of the molecule is O=C(NC1CCCCC1)N1CCN(c2ccc(-c3cccc4ccccc34)nn2)CC1. The number of fused-ring (bicyclic) bond motifs is 1. The summed E-state index contributed by atoms with van der Waals surface area (Å²) < 4.78 is 0. The summed E-state index contributed by atoms with van der Waals surface area (Å²) >= 11 is 0. The van der Waals surface area contributed by atoms with E-state index in [1.165, 1.54) is 30.0 Å². The van der Waals surface area contributed by atoms with Crippen molar-refractivity contribution in [2.45, 2.75) is 38.1 Å². The standard InChI is InChI=1S/C25H29N5O/c31-25(26-20-9-2-1-3-10-20)30-17-15-29(16-18-30)24-14-13-23(27-28-24)22-12-6-8-19-7-4-5-11-21(19)22/h4-8,11-14,20H,1-3,9-10,15-18H2,(H,26,31). The van der Waals surface area contributed by atoms with E-state index in [2.05, 4.69) is 62.9 Å². The fraction of sp³-hybridized carbons (Fsp3) is 0.400. The molecular weight excluding hydrogens is 386 g/mol. The molecule has 0 spiro atoms. The molecule has 0 bridgehead atoms. The normalized spacial score (nSPS) is 17.7. The second-order valence-corrected chi connectivity index (χ2v) is 8.56. The summed E-state index contributed by atoms with van der Waals surface area (Å²) in [4.78, 5) is 16.7. The molecule has 1 N–H and O–H groups in total. The summed E-state index contributed by atoms with van der Waals surface area (Å²) in [5, 5.41) is 14.6. The molecule has 0 unspecified atom stereocenters. The number of amides is 2. The zero-order valence-corrected chi connectivity index (χ0v) is 17.8. The van der Waals surface area contributed by atoms with Gasteiger partial charge in [0.2, 0.25) is 0 Å². The van der Waals surface area contributed by atoms with Crippen molar-refractivity contribution < 1.29 is 4.79 Å². The highest BCUT2D eigenvalue weighted by Crippen LogP contribution is 2.27. The lowest BCUT2D eigenvalue weighted by atomic mass is 9.96. The number of rotatable bonds is 3. The van der Waals surface area contributed by atoms with E-state index in [1.54, 1.807) is 0 Å². The van der Waals surface area contributed by atoms with Gasteiger partial charge < -0.3 is 15.1 Å². The van der Waals surface area contributed by atoms with Crippen molar-refractivity contribution in [1.82, 2.24) is 20.4 Å². The van der Waals surface area contributed by atoms with Crippen LogP contribution in [0.5, 0.6) is 0 Å². The molecule has 0 radical (unpaired) electrons. The van der Waals surface area contributed by atoms with Crippen LogP contribution in [-0.4, -0.2) is 53.3 Å². The Morgan fingerprint density at radius 2 is 1.61 bits per heavy atom. The maximum atomic E-state index is 12.6. The Labute approximate surface area is 183 Å². The Morgan fingerprint density at radius 1 is 0.839 bits per heavy atom. The average Bonchev–Trinajstić information content (AvgIpc) is 2.84. The third-order valence-electron chi connectivity index (χ3n) is 6.54. The summed E-state index contributed by atoms with van der Waals surface area (Å²) in [6, 6.07) is 19.1. The fourth-order valence-corrected chi connectivity index (χ4v) is 4.74. The summed E-state index contributed by atoms with van der Waals surface area (Å²) in [6.45, 7) is 2.98. The lowest BCUT2D eigenvalue weighted by molar-refractivity contribution is 0.186. The number of anilines is 1. The number of carbonyl (C=O) groups excluding carboxylic acids is 1. The molecule has 1 saturated carbocycles. The van der Waals surface area contributed by atoms with Gasteiger partial charge in [-0.2, -0.15) is 0 Å². The van der Waals surface area contributed by atoms with Crippen LogP contribution >= 0.6 is 0 Å². The minimum Gasteiger partial charge on any atom is -0.352 e. The van der Waals surface area contributed by atoms with Gasteiger partial charge in [0, 0.05) is 37.8 Å². The summed E-state index contributed by atoms with van der Waals surface area (Å²) in [6.07, 6.45) is 5.98. The van der Waals surface area contributed by atoms with Crippen molar-refractivity contribution in [2.75, 3.05) is 31.1 Å². The monoisotopic (exact) mass is 415 g/mol. The zero-order chi connectivity index (χ0) is 21.0. The van der Waals surface area contributed by atoms with Gasteiger partial charge >= 0.3 is 6.03 Å². The number of hydrogen-bond donors (Lipinski definition) is 1. The van der Waals surface area contributed by atoms with Crippen molar-refractivity contribution in [3.8, 4) is 11.3 Å². The predicted molar refractivity (Wildman–Crippen MR) is 124 cm³/mol. The third kappa shape index (κ3) is 4.33. The Morgan fingerprint density at radius 3 is 2.39 bits per heavy atom. The molecule has 5 rings (SSSR count). The molecule has 2 aliphatic rings. The van der Waals surface area contributed by atoms with Gasteiger partial charge in [-0.3, -0.25) is 0 Å². The van der Waals surface area contributed by atoms with Crippen LogP contribution < -0.4 is 10.2 Å². The molecule has 2 fully saturated rings. The van der Waals surface area contributed by atoms with Crippen LogP contribution in [0.15, 0.2) is 54.6 Å². The molecule has 160 valence electrons. The van der Waals surface area contributed by atoms with E-state index in [-0.39, 0.29) is 6.03 Å². The third-order valence-corrected chi connectivity index (χ3v) is 6.54. The molecular formula is C25H29N5O. The highest BCUT2D eigenvalue weighted by molar-refractivity contribution is 5.95. The van der Waals surface area contributed by atoms with E-state index in [1.807, 2.05) is 17.0 Å². The Kier molecular flexibility index (Phi) is 5.69. The van der Waals surface area contributed by atoms with Crippen molar-refractivity contribution >= 4 is 22.6 Å². The van der Waals surface area contributed by atoms with Crippen molar-refractivity contribution in [2.24, 2.45) is 0 Å². The Balaban J connectivity index is 1.22. The summed E-state index contributed by atoms with van der Waals surface area (Å²) in [7, 11) is 0. The van der Waals surface area contributed by atoms with Gasteiger partial charge in [-0.15, -0.1) is 10.2 Å². The van der Waals surface area contributed by atoms with E-state index >= 15 is 0 Å². The molecule has 31 heavy (non-hydrogen) atoms. The number of nitrogens with one attached hydrogen (secondary N) is 1. The second kappa shape index (κ2) is 8.92. The molecule has 2 heterocycles. The first kappa shape index (κ1) is 19.8. The number of urea groups is 1. The minimum absolute atomic E-state index is 0.0870. The first-order valence-corrected chi connectivity index (χ1v) is 11.4. The Bertz CT molecular complexity index is 1030. The van der Waals surface area contributed by atoms with Crippen LogP contribution in [0.25, 0.3) is 22.0 Å². The number of carbonyl (C=O) groups is 1. The maximum Gasteiger partial charge on any atom is 0.317 e. The first-order chi connectivity index (χ1) is 15.3. The number of benzene rings is 2. The van der Waals surface area contributed by atoms with E-state index in [0.29, 0.717) is 19.1 Å². The maximum absolute atomic E-state index is 12.6. The quantitative estimate of drug-likeness (QED) is 0.686. The molecule has 6 nitrogen and oxygen atoms in total. The molecule has 0 atom stereocenters. The van der Waals surface area contributed by atoms with Crippen LogP contribution in [0.4, 0.5) is 10.6 Å². The van der Waals surface area contributed by atoms with Gasteiger partial charge in [0.25, 0.3) is 0 Å². The van der Waals surface area contributed by atoms with Gasteiger partial charge in [-0.05, 0) is 35.7 Å². The molecule has 3 aromatic rings. The van der Waals surface area contributed by atoms with E-state index in [4.69, 9.17) is 0 Å². The van der Waals surface area contributed by atoms with Crippen molar-refractivity contribution in [1.29, 1.82) is 0 Å². The highest BCUT2D eigenvalue weighted by atomic mass is 16.2. The van der Waals surface area contributed by atoms with E-state index in [0.717, 1.165) is 43.0 Å². The first-order valence-electron chi connectivity index (χ1n) is 11.4. The number of piperazine rings is 1. The molecule has 1 aliphatic heterocycles.